The van der Waals surface area contributed by atoms with Gasteiger partial charge in [-0.3, -0.25) is 14.9 Å². The Kier molecular flexibility index (Phi) is 4.04. The number of nitrogens with one attached hydrogen (secondary N) is 1. The first kappa shape index (κ1) is 15.5. The van der Waals surface area contributed by atoms with Crippen molar-refractivity contribution in [2.45, 2.75) is 19.8 Å². The van der Waals surface area contributed by atoms with Gasteiger partial charge in [0.05, 0.1) is 4.92 Å². The molecule has 1 aliphatic rings. The predicted molar refractivity (Wildman–Crippen MR) is 87.3 cm³/mol. The molecule has 1 N–H and O–H groups in total. The number of rotatable bonds is 2. The molecule has 1 aliphatic heterocycles. The zero-order valence-electron chi connectivity index (χ0n) is 12.5. The molecule has 0 saturated carbocycles. The van der Waals surface area contributed by atoms with E-state index in [0.717, 1.165) is 12.0 Å². The maximum atomic E-state index is 11.9. The first-order valence-corrected chi connectivity index (χ1v) is 7.61. The Morgan fingerprint density at radius 2 is 2.00 bits per heavy atom. The maximum Gasteiger partial charge on any atom is 0.375 e. The zero-order valence-corrected chi connectivity index (χ0v) is 13.3. The lowest BCUT2D eigenvalue weighted by Gasteiger charge is -2.20. The summed E-state index contributed by atoms with van der Waals surface area (Å²) < 4.78 is 0. The number of benzene rings is 1. The summed E-state index contributed by atoms with van der Waals surface area (Å²) in [5, 5.41) is 11.9. The summed E-state index contributed by atoms with van der Waals surface area (Å²) >= 11 is 6.03. The molecule has 3 rings (SSSR count). The minimum absolute atomic E-state index is 0.134. The molecule has 0 aliphatic carbocycles. The van der Waals surface area contributed by atoms with Gasteiger partial charge in [0.15, 0.2) is 0 Å². The topological polar surface area (TPSA) is 92.1 Å². The smallest absolute Gasteiger partial charge is 0.350 e. The third-order valence-corrected chi connectivity index (χ3v) is 4.18. The van der Waals surface area contributed by atoms with Crippen molar-refractivity contribution in [3.05, 3.63) is 60.6 Å². The number of hydrogen-bond donors (Lipinski definition) is 1. The van der Waals surface area contributed by atoms with Crippen molar-refractivity contribution in [1.29, 1.82) is 0 Å². The van der Waals surface area contributed by atoms with Gasteiger partial charge in [-0.05, 0) is 43.0 Å². The van der Waals surface area contributed by atoms with Gasteiger partial charge in [0, 0.05) is 18.1 Å². The number of H-pyrrole nitrogens is 1. The fourth-order valence-corrected chi connectivity index (χ4v) is 3.05. The largest absolute Gasteiger partial charge is 0.375 e. The second-order valence-corrected chi connectivity index (χ2v) is 5.92. The zero-order chi connectivity index (χ0) is 16.6. The average Bonchev–Trinajstić information content (AvgIpc) is 2.67. The van der Waals surface area contributed by atoms with E-state index >= 15 is 0 Å². The van der Waals surface area contributed by atoms with E-state index in [0.29, 0.717) is 30.4 Å². The van der Waals surface area contributed by atoms with Crippen molar-refractivity contribution in [2.24, 2.45) is 0 Å². The number of hydrogen-bond acceptors (Lipinski definition) is 5. The molecule has 0 atom stereocenters. The molecule has 1 aromatic heterocycles. The molecule has 2 aromatic rings. The Morgan fingerprint density at radius 3 is 2.70 bits per heavy atom. The van der Waals surface area contributed by atoms with Crippen LogP contribution in [-0.2, 0) is 12.8 Å². The molecule has 7 nitrogen and oxygen atoms in total. The molecule has 0 amide bonds. The molecular weight excluding hydrogens is 320 g/mol. The van der Waals surface area contributed by atoms with Crippen LogP contribution in [-0.4, -0.2) is 28.0 Å². The van der Waals surface area contributed by atoms with Crippen LogP contribution in [0, 0.1) is 17.0 Å². The Balaban J connectivity index is 1.98. The lowest BCUT2D eigenvalue weighted by atomic mass is 10.0. The fraction of sp³-hybridized carbons (Fsp3) is 0.333. The normalized spacial score (nSPS) is 14.3. The molecule has 0 spiro atoms. The quantitative estimate of drug-likeness (QED) is 0.671. The summed E-state index contributed by atoms with van der Waals surface area (Å²) in [7, 11) is 0. The second kappa shape index (κ2) is 6.00. The monoisotopic (exact) mass is 334 g/mol. The highest BCUT2D eigenvalue weighted by Gasteiger charge is 2.27. The van der Waals surface area contributed by atoms with Crippen molar-refractivity contribution >= 4 is 23.1 Å². The van der Waals surface area contributed by atoms with Crippen LogP contribution in [0.4, 0.5) is 11.5 Å². The van der Waals surface area contributed by atoms with Crippen LogP contribution >= 0.6 is 11.6 Å². The number of anilines is 1. The molecule has 120 valence electrons. The molecule has 0 fully saturated rings. The van der Waals surface area contributed by atoms with Gasteiger partial charge in [-0.25, -0.2) is 4.98 Å². The molecule has 0 saturated heterocycles. The number of aromatic nitrogens is 2. The number of halogens is 1. The van der Waals surface area contributed by atoms with Crippen LogP contribution in [0.15, 0.2) is 23.0 Å². The van der Waals surface area contributed by atoms with Crippen LogP contribution in [0.1, 0.15) is 17.0 Å². The van der Waals surface area contributed by atoms with Crippen molar-refractivity contribution in [3.63, 3.8) is 0 Å². The predicted octanol–water partition coefficient (Wildman–Crippen LogP) is 2.25. The summed E-state index contributed by atoms with van der Waals surface area (Å²) in [5.74, 6) is 0.496. The van der Waals surface area contributed by atoms with Gasteiger partial charge in [0.2, 0.25) is 5.82 Å². The van der Waals surface area contributed by atoms with Gasteiger partial charge in [-0.15, -0.1) is 0 Å². The fourth-order valence-electron chi connectivity index (χ4n) is 2.86. The number of aromatic amines is 1. The van der Waals surface area contributed by atoms with Crippen LogP contribution in [0.3, 0.4) is 0 Å². The number of fused-ring (bicyclic) bond motifs is 1. The van der Waals surface area contributed by atoms with E-state index in [2.05, 4.69) is 9.97 Å². The third-order valence-electron chi connectivity index (χ3n) is 3.95. The molecule has 0 radical (unpaired) electrons. The average molecular weight is 335 g/mol. The molecule has 1 aromatic carbocycles. The minimum Gasteiger partial charge on any atom is -0.350 e. The highest BCUT2D eigenvalue weighted by atomic mass is 35.5. The van der Waals surface area contributed by atoms with Crippen molar-refractivity contribution in [2.75, 3.05) is 18.0 Å². The van der Waals surface area contributed by atoms with E-state index in [1.54, 1.807) is 11.8 Å². The van der Waals surface area contributed by atoms with Gasteiger partial charge in [0.25, 0.3) is 0 Å². The second-order valence-electron chi connectivity index (χ2n) is 5.48. The number of nitro groups is 1. The van der Waals surface area contributed by atoms with Crippen molar-refractivity contribution < 1.29 is 4.92 Å². The standard InChI is InChI=1S/C15H15ClN4O3/c1-9-17-14(13(20(22)23)15(21)18-9)19-6-4-10-2-3-12(16)8-11(10)5-7-19/h2-3,8H,4-7H2,1H3,(H,17,18,21). The molecule has 8 heteroatoms. The van der Waals surface area contributed by atoms with Crippen molar-refractivity contribution in [1.82, 2.24) is 9.97 Å². The Labute approximate surface area is 137 Å². The summed E-state index contributed by atoms with van der Waals surface area (Å²) in [4.78, 5) is 30.9. The molecule has 23 heavy (non-hydrogen) atoms. The van der Waals surface area contributed by atoms with Gasteiger partial charge < -0.3 is 9.88 Å². The van der Waals surface area contributed by atoms with Gasteiger partial charge >= 0.3 is 11.2 Å². The van der Waals surface area contributed by atoms with E-state index in [4.69, 9.17) is 11.6 Å². The lowest BCUT2D eigenvalue weighted by Crippen LogP contribution is -2.30. The summed E-state index contributed by atoms with van der Waals surface area (Å²) in [5.41, 5.74) is 1.08. The highest BCUT2D eigenvalue weighted by molar-refractivity contribution is 6.30. The summed E-state index contributed by atoms with van der Waals surface area (Å²) in [6, 6.07) is 5.74. The lowest BCUT2D eigenvalue weighted by molar-refractivity contribution is -0.385. The third kappa shape index (κ3) is 3.05. The molecular formula is C15H15ClN4O3. The van der Waals surface area contributed by atoms with Crippen LogP contribution < -0.4 is 10.5 Å². The van der Waals surface area contributed by atoms with E-state index in [-0.39, 0.29) is 5.82 Å². The number of aryl methyl sites for hydroxylation is 1. The van der Waals surface area contributed by atoms with Crippen molar-refractivity contribution in [3.8, 4) is 0 Å². The minimum atomic E-state index is -0.720. The molecule has 0 bridgehead atoms. The van der Waals surface area contributed by atoms with E-state index in [9.17, 15) is 14.9 Å². The van der Waals surface area contributed by atoms with E-state index in [1.165, 1.54) is 5.56 Å². The SMILES string of the molecule is Cc1nc(N2CCc3ccc(Cl)cc3CC2)c([N+](=O)[O-])c(=O)[nH]1. The Morgan fingerprint density at radius 1 is 1.30 bits per heavy atom. The first-order chi connectivity index (χ1) is 11.0. The first-order valence-electron chi connectivity index (χ1n) is 7.23. The van der Waals surface area contributed by atoms with Crippen LogP contribution in [0.2, 0.25) is 5.02 Å². The van der Waals surface area contributed by atoms with Gasteiger partial charge in [0.1, 0.15) is 5.82 Å². The van der Waals surface area contributed by atoms with Gasteiger partial charge in [-0.1, -0.05) is 17.7 Å². The summed E-state index contributed by atoms with van der Waals surface area (Å²) in [6.45, 7) is 2.72. The highest BCUT2D eigenvalue weighted by Crippen LogP contribution is 2.26. The maximum absolute atomic E-state index is 11.9. The van der Waals surface area contributed by atoms with Crippen LogP contribution in [0.25, 0.3) is 0 Å². The molecule has 0 unspecified atom stereocenters. The van der Waals surface area contributed by atoms with E-state index in [1.807, 2.05) is 18.2 Å². The Hall–Kier alpha value is -2.41. The molecule has 2 heterocycles. The van der Waals surface area contributed by atoms with E-state index < -0.39 is 16.2 Å². The Bertz CT molecular complexity index is 834. The van der Waals surface area contributed by atoms with Crippen LogP contribution in [0.5, 0.6) is 0 Å². The summed E-state index contributed by atoms with van der Waals surface area (Å²) in [6.07, 6.45) is 1.41. The van der Waals surface area contributed by atoms with Gasteiger partial charge in [-0.2, -0.15) is 0 Å². The number of nitrogens with zero attached hydrogens (tertiary/aromatic N) is 3.